The fourth-order valence-corrected chi connectivity index (χ4v) is 1.67. The van der Waals surface area contributed by atoms with Gasteiger partial charge in [-0.15, -0.1) is 0 Å². The molecule has 126 valence electrons. The molecule has 0 aliphatic heterocycles. The quantitative estimate of drug-likeness (QED) is 0.740. The van der Waals surface area contributed by atoms with E-state index in [2.05, 4.69) is 10.6 Å². The van der Waals surface area contributed by atoms with Crippen LogP contribution in [-0.4, -0.2) is 36.7 Å². The van der Waals surface area contributed by atoms with E-state index in [0.29, 0.717) is 0 Å². The van der Waals surface area contributed by atoms with Crippen LogP contribution >= 0.6 is 0 Å². The number of carbonyl (C=O) groups excluding carboxylic acids is 3. The Balaban J connectivity index is 2.36. The van der Waals surface area contributed by atoms with E-state index >= 15 is 0 Å². The Kier molecular flexibility index (Phi) is 7.59. The molecular weight excluding hydrogens is 300 g/mol. The molecule has 2 N–H and O–H groups in total. The molecule has 0 heterocycles. The average molecular weight is 322 g/mol. The van der Waals surface area contributed by atoms with Crippen molar-refractivity contribution in [2.75, 3.05) is 6.61 Å². The lowest BCUT2D eigenvalue weighted by molar-refractivity contribution is -0.147. The van der Waals surface area contributed by atoms with Crippen LogP contribution in [0.4, 0.5) is 4.79 Å². The van der Waals surface area contributed by atoms with E-state index in [4.69, 9.17) is 9.47 Å². The Labute approximate surface area is 135 Å². The molecule has 1 rings (SSSR count). The van der Waals surface area contributed by atoms with Gasteiger partial charge in [-0.05, 0) is 26.3 Å². The minimum atomic E-state index is -0.838. The maximum Gasteiger partial charge on any atom is 0.408 e. The number of amides is 2. The normalized spacial score (nSPS) is 12.7. The monoisotopic (exact) mass is 322 g/mol. The summed E-state index contributed by atoms with van der Waals surface area (Å²) in [5.74, 6) is -1.03. The fraction of sp³-hybridized carbons (Fsp3) is 0.438. The van der Waals surface area contributed by atoms with Gasteiger partial charge >= 0.3 is 12.1 Å². The second-order valence-corrected chi connectivity index (χ2v) is 4.91. The van der Waals surface area contributed by atoms with Crippen molar-refractivity contribution in [3.05, 3.63) is 35.9 Å². The Morgan fingerprint density at radius 3 is 2.26 bits per heavy atom. The molecule has 0 unspecified atom stereocenters. The standard InChI is InChI=1S/C16H22N2O5/c1-4-22-15(20)12(3)17-14(19)11(2)18-16(21)23-10-13-8-6-5-7-9-13/h5-9,11-12H,4,10H2,1-3H3,(H,17,19)(H,18,21)/t11-,12-/m1/s1. The van der Waals surface area contributed by atoms with Crippen LogP contribution in [0.3, 0.4) is 0 Å². The molecule has 0 spiro atoms. The third kappa shape index (κ3) is 6.82. The highest BCUT2D eigenvalue weighted by molar-refractivity contribution is 5.89. The van der Waals surface area contributed by atoms with Gasteiger partial charge in [-0.2, -0.15) is 0 Å². The number of esters is 1. The third-order valence-electron chi connectivity index (χ3n) is 2.94. The number of carbonyl (C=O) groups is 3. The van der Waals surface area contributed by atoms with E-state index in [-0.39, 0.29) is 13.2 Å². The number of rotatable bonds is 7. The molecule has 1 aromatic rings. The van der Waals surface area contributed by atoms with E-state index in [9.17, 15) is 14.4 Å². The maximum absolute atomic E-state index is 11.9. The molecule has 2 amide bonds. The average Bonchev–Trinajstić information content (AvgIpc) is 2.54. The van der Waals surface area contributed by atoms with Gasteiger partial charge in [0.1, 0.15) is 18.7 Å². The van der Waals surface area contributed by atoms with Crippen LogP contribution in [0.15, 0.2) is 30.3 Å². The van der Waals surface area contributed by atoms with Crippen LogP contribution in [0.1, 0.15) is 26.3 Å². The van der Waals surface area contributed by atoms with Crippen LogP contribution in [0, 0.1) is 0 Å². The van der Waals surface area contributed by atoms with Crippen LogP contribution in [0.5, 0.6) is 0 Å². The first-order valence-corrected chi connectivity index (χ1v) is 7.38. The highest BCUT2D eigenvalue weighted by atomic mass is 16.5. The summed E-state index contributed by atoms with van der Waals surface area (Å²) < 4.78 is 9.81. The Bertz CT molecular complexity index is 533. The summed E-state index contributed by atoms with van der Waals surface area (Å²) in [5, 5.41) is 4.86. The summed E-state index contributed by atoms with van der Waals surface area (Å²) in [4.78, 5) is 35.0. The summed E-state index contributed by atoms with van der Waals surface area (Å²) in [6.07, 6.45) is -0.708. The van der Waals surface area contributed by atoms with E-state index in [1.807, 2.05) is 30.3 Å². The largest absolute Gasteiger partial charge is 0.464 e. The van der Waals surface area contributed by atoms with Crippen molar-refractivity contribution < 1.29 is 23.9 Å². The van der Waals surface area contributed by atoms with Crippen molar-refractivity contribution in [2.24, 2.45) is 0 Å². The Morgan fingerprint density at radius 1 is 1.00 bits per heavy atom. The minimum absolute atomic E-state index is 0.111. The van der Waals surface area contributed by atoms with E-state index < -0.39 is 30.1 Å². The molecule has 2 atom stereocenters. The van der Waals surface area contributed by atoms with Crippen molar-refractivity contribution in [1.29, 1.82) is 0 Å². The van der Waals surface area contributed by atoms with Crippen molar-refractivity contribution >= 4 is 18.0 Å². The molecule has 0 aromatic heterocycles. The smallest absolute Gasteiger partial charge is 0.408 e. The molecule has 7 heteroatoms. The summed E-state index contributed by atoms with van der Waals surface area (Å²) in [6.45, 7) is 5.03. The van der Waals surface area contributed by atoms with Crippen LogP contribution in [-0.2, 0) is 25.7 Å². The van der Waals surface area contributed by atoms with Crippen molar-refractivity contribution in [3.8, 4) is 0 Å². The number of alkyl carbamates (subject to hydrolysis) is 1. The SMILES string of the molecule is CCOC(=O)[C@@H](C)NC(=O)[C@@H](C)NC(=O)OCc1ccccc1. The van der Waals surface area contributed by atoms with Gasteiger partial charge in [-0.25, -0.2) is 9.59 Å². The highest BCUT2D eigenvalue weighted by Gasteiger charge is 2.21. The van der Waals surface area contributed by atoms with Crippen LogP contribution in [0.25, 0.3) is 0 Å². The molecule has 23 heavy (non-hydrogen) atoms. The molecule has 1 aromatic carbocycles. The second kappa shape index (κ2) is 9.45. The molecule has 0 aliphatic carbocycles. The number of nitrogens with one attached hydrogen (secondary N) is 2. The molecule has 7 nitrogen and oxygen atoms in total. The first-order valence-electron chi connectivity index (χ1n) is 7.38. The van der Waals surface area contributed by atoms with Crippen molar-refractivity contribution in [1.82, 2.24) is 10.6 Å². The number of benzene rings is 1. The lowest BCUT2D eigenvalue weighted by Crippen LogP contribution is -2.49. The summed E-state index contributed by atoms with van der Waals surface area (Å²) in [7, 11) is 0. The van der Waals surface area contributed by atoms with Gasteiger partial charge in [-0.1, -0.05) is 30.3 Å². The highest BCUT2D eigenvalue weighted by Crippen LogP contribution is 2.00. The summed E-state index contributed by atoms with van der Waals surface area (Å²) in [5.41, 5.74) is 0.843. The fourth-order valence-electron chi connectivity index (χ4n) is 1.67. The summed E-state index contributed by atoms with van der Waals surface area (Å²) >= 11 is 0. The number of hydrogen-bond acceptors (Lipinski definition) is 5. The molecular formula is C16H22N2O5. The molecule has 0 bridgehead atoms. The zero-order chi connectivity index (χ0) is 17.2. The van der Waals surface area contributed by atoms with Crippen molar-refractivity contribution in [2.45, 2.75) is 39.5 Å². The maximum atomic E-state index is 11.9. The molecule has 0 radical (unpaired) electrons. The number of ether oxygens (including phenoxy) is 2. The zero-order valence-corrected chi connectivity index (χ0v) is 13.5. The van der Waals surface area contributed by atoms with Crippen molar-refractivity contribution in [3.63, 3.8) is 0 Å². The van der Waals surface area contributed by atoms with Gasteiger partial charge < -0.3 is 20.1 Å². The number of hydrogen-bond donors (Lipinski definition) is 2. The predicted molar refractivity (Wildman–Crippen MR) is 83.5 cm³/mol. The molecule has 0 saturated carbocycles. The van der Waals surface area contributed by atoms with Gasteiger partial charge in [0.15, 0.2) is 0 Å². The minimum Gasteiger partial charge on any atom is -0.464 e. The summed E-state index contributed by atoms with van der Waals surface area (Å²) in [6, 6.07) is 7.56. The van der Waals surface area contributed by atoms with Gasteiger partial charge in [0.2, 0.25) is 5.91 Å². The molecule has 0 fully saturated rings. The van der Waals surface area contributed by atoms with Crippen LogP contribution in [0.2, 0.25) is 0 Å². The van der Waals surface area contributed by atoms with Gasteiger partial charge in [0.25, 0.3) is 0 Å². The zero-order valence-electron chi connectivity index (χ0n) is 13.5. The van der Waals surface area contributed by atoms with E-state index in [0.717, 1.165) is 5.56 Å². The molecule has 0 aliphatic rings. The first-order chi connectivity index (χ1) is 10.9. The van der Waals surface area contributed by atoms with Gasteiger partial charge in [-0.3, -0.25) is 4.79 Å². The first kappa shape index (κ1) is 18.5. The lowest BCUT2D eigenvalue weighted by Gasteiger charge is -2.17. The lowest BCUT2D eigenvalue weighted by atomic mass is 10.2. The second-order valence-electron chi connectivity index (χ2n) is 4.91. The van der Waals surface area contributed by atoms with Crippen LogP contribution < -0.4 is 10.6 Å². The Hall–Kier alpha value is -2.57. The predicted octanol–water partition coefficient (Wildman–Crippen LogP) is 1.37. The Morgan fingerprint density at radius 2 is 1.65 bits per heavy atom. The molecule has 0 saturated heterocycles. The van der Waals surface area contributed by atoms with E-state index in [1.54, 1.807) is 6.92 Å². The van der Waals surface area contributed by atoms with Gasteiger partial charge in [0.05, 0.1) is 6.61 Å². The topological polar surface area (TPSA) is 93.7 Å². The van der Waals surface area contributed by atoms with E-state index in [1.165, 1.54) is 13.8 Å². The third-order valence-corrected chi connectivity index (χ3v) is 2.94. The van der Waals surface area contributed by atoms with Gasteiger partial charge in [0, 0.05) is 0 Å².